The number of carbonyl (C=O) groups is 2. The second-order valence-electron chi connectivity index (χ2n) is 6.13. The Labute approximate surface area is 153 Å². The Morgan fingerprint density at radius 2 is 1.85 bits per heavy atom. The minimum Gasteiger partial charge on any atom is -0.383 e. The molecule has 2 rings (SSSR count). The number of amides is 2. The zero-order chi connectivity index (χ0) is 18.9. The van der Waals surface area contributed by atoms with Crippen molar-refractivity contribution in [3.8, 4) is 0 Å². The zero-order valence-electron chi connectivity index (χ0n) is 15.3. The fourth-order valence-corrected chi connectivity index (χ4v) is 2.47. The normalized spacial score (nSPS) is 11.5. The van der Waals surface area contributed by atoms with Gasteiger partial charge in [0.1, 0.15) is 0 Å². The van der Waals surface area contributed by atoms with E-state index < -0.39 is 0 Å². The molecule has 0 heterocycles. The first-order valence-corrected chi connectivity index (χ1v) is 8.49. The molecule has 0 fully saturated rings. The Kier molecular flexibility index (Phi) is 7.17. The number of hydrogen-bond donors (Lipinski definition) is 3. The van der Waals surface area contributed by atoms with Crippen molar-refractivity contribution in [1.29, 1.82) is 0 Å². The van der Waals surface area contributed by atoms with Gasteiger partial charge < -0.3 is 20.7 Å². The predicted molar refractivity (Wildman–Crippen MR) is 104 cm³/mol. The van der Waals surface area contributed by atoms with Gasteiger partial charge in [-0.2, -0.15) is 0 Å². The Hall–Kier alpha value is -2.86. The average molecular weight is 355 g/mol. The third-order valence-electron chi connectivity index (χ3n) is 3.79. The molecule has 2 amide bonds. The lowest BCUT2D eigenvalue weighted by Crippen LogP contribution is -2.39. The molecule has 26 heavy (non-hydrogen) atoms. The molecule has 0 bridgehead atoms. The number of hydrogen-bond acceptors (Lipinski definition) is 4. The highest BCUT2D eigenvalue weighted by atomic mass is 16.5. The maximum Gasteiger partial charge on any atom is 0.255 e. The summed E-state index contributed by atoms with van der Waals surface area (Å²) in [5.41, 5.74) is 2.97. The van der Waals surface area contributed by atoms with Crippen molar-refractivity contribution >= 4 is 23.2 Å². The SMILES string of the molecule is COC[C@@H](C)NC(=O)CNc1cc(C(=O)Nc2ccccc2)ccc1C. The number of rotatable bonds is 8. The van der Waals surface area contributed by atoms with E-state index in [1.165, 1.54) is 0 Å². The molecular formula is C20H25N3O3. The number of para-hydroxylation sites is 1. The molecule has 3 N–H and O–H groups in total. The summed E-state index contributed by atoms with van der Waals surface area (Å²) in [7, 11) is 1.59. The molecule has 0 aliphatic heterocycles. The van der Waals surface area contributed by atoms with Crippen LogP contribution in [0, 0.1) is 6.92 Å². The van der Waals surface area contributed by atoms with Crippen LogP contribution in [0.1, 0.15) is 22.8 Å². The van der Waals surface area contributed by atoms with E-state index in [9.17, 15) is 9.59 Å². The van der Waals surface area contributed by atoms with Gasteiger partial charge in [-0.3, -0.25) is 9.59 Å². The van der Waals surface area contributed by atoms with Crippen molar-refractivity contribution in [2.45, 2.75) is 19.9 Å². The van der Waals surface area contributed by atoms with E-state index >= 15 is 0 Å². The number of methoxy groups -OCH3 is 1. The molecule has 6 nitrogen and oxygen atoms in total. The second kappa shape index (κ2) is 9.58. The van der Waals surface area contributed by atoms with Gasteiger partial charge in [0.05, 0.1) is 13.2 Å². The van der Waals surface area contributed by atoms with E-state index in [1.54, 1.807) is 19.2 Å². The molecule has 6 heteroatoms. The molecule has 0 saturated carbocycles. The highest BCUT2D eigenvalue weighted by Crippen LogP contribution is 2.18. The highest BCUT2D eigenvalue weighted by Gasteiger charge is 2.11. The van der Waals surface area contributed by atoms with Crippen LogP contribution in [0.4, 0.5) is 11.4 Å². The van der Waals surface area contributed by atoms with Gasteiger partial charge in [0, 0.05) is 30.1 Å². The third-order valence-corrected chi connectivity index (χ3v) is 3.79. The summed E-state index contributed by atoms with van der Waals surface area (Å²) in [6, 6.07) is 14.6. The Balaban J connectivity index is 1.98. The van der Waals surface area contributed by atoms with Crippen LogP contribution < -0.4 is 16.0 Å². The van der Waals surface area contributed by atoms with Crippen LogP contribution in [0.5, 0.6) is 0 Å². The molecule has 2 aromatic carbocycles. The number of benzene rings is 2. The highest BCUT2D eigenvalue weighted by molar-refractivity contribution is 6.05. The number of nitrogens with one attached hydrogen (secondary N) is 3. The monoisotopic (exact) mass is 355 g/mol. The fourth-order valence-electron chi connectivity index (χ4n) is 2.47. The fraction of sp³-hybridized carbons (Fsp3) is 0.300. The molecule has 0 unspecified atom stereocenters. The summed E-state index contributed by atoms with van der Waals surface area (Å²) < 4.78 is 5.00. The molecule has 0 saturated heterocycles. The van der Waals surface area contributed by atoms with Gasteiger partial charge in [-0.1, -0.05) is 24.3 Å². The van der Waals surface area contributed by atoms with Crippen LogP contribution in [-0.2, 0) is 9.53 Å². The summed E-state index contributed by atoms with van der Waals surface area (Å²) in [6.45, 7) is 4.38. The van der Waals surface area contributed by atoms with Crippen LogP contribution in [0.2, 0.25) is 0 Å². The largest absolute Gasteiger partial charge is 0.383 e. The molecular weight excluding hydrogens is 330 g/mol. The van der Waals surface area contributed by atoms with Crippen LogP contribution in [-0.4, -0.2) is 38.1 Å². The van der Waals surface area contributed by atoms with Gasteiger partial charge in [0.15, 0.2) is 0 Å². The number of ether oxygens (including phenoxy) is 1. The molecule has 0 spiro atoms. The Bertz CT molecular complexity index is 747. The van der Waals surface area contributed by atoms with Gasteiger partial charge in [0.2, 0.25) is 5.91 Å². The van der Waals surface area contributed by atoms with Crippen molar-refractivity contribution < 1.29 is 14.3 Å². The van der Waals surface area contributed by atoms with Gasteiger partial charge in [-0.25, -0.2) is 0 Å². The van der Waals surface area contributed by atoms with Crippen LogP contribution in [0.15, 0.2) is 48.5 Å². The van der Waals surface area contributed by atoms with E-state index in [0.717, 1.165) is 16.9 Å². The maximum atomic E-state index is 12.4. The summed E-state index contributed by atoms with van der Waals surface area (Å²) >= 11 is 0. The second-order valence-corrected chi connectivity index (χ2v) is 6.13. The van der Waals surface area contributed by atoms with E-state index in [2.05, 4.69) is 16.0 Å². The zero-order valence-corrected chi connectivity index (χ0v) is 15.3. The summed E-state index contributed by atoms with van der Waals surface area (Å²) in [5, 5.41) is 8.77. The van der Waals surface area contributed by atoms with Crippen molar-refractivity contribution in [1.82, 2.24) is 5.32 Å². The van der Waals surface area contributed by atoms with Crippen molar-refractivity contribution in [2.24, 2.45) is 0 Å². The smallest absolute Gasteiger partial charge is 0.255 e. The minimum atomic E-state index is -0.197. The molecule has 1 atom stereocenters. The topological polar surface area (TPSA) is 79.5 Å². The molecule has 2 aromatic rings. The first-order chi connectivity index (χ1) is 12.5. The quantitative estimate of drug-likeness (QED) is 0.680. The Morgan fingerprint density at radius 1 is 1.12 bits per heavy atom. The lowest BCUT2D eigenvalue weighted by atomic mass is 10.1. The van der Waals surface area contributed by atoms with E-state index in [-0.39, 0.29) is 24.4 Å². The molecule has 0 aromatic heterocycles. The summed E-state index contributed by atoms with van der Waals surface area (Å²) in [4.78, 5) is 24.4. The van der Waals surface area contributed by atoms with Gasteiger partial charge in [-0.05, 0) is 43.7 Å². The van der Waals surface area contributed by atoms with Gasteiger partial charge >= 0.3 is 0 Å². The van der Waals surface area contributed by atoms with E-state index in [0.29, 0.717) is 12.2 Å². The van der Waals surface area contributed by atoms with Crippen molar-refractivity contribution in [2.75, 3.05) is 30.9 Å². The first kappa shape index (κ1) is 19.5. The third kappa shape index (κ3) is 5.89. The van der Waals surface area contributed by atoms with Crippen molar-refractivity contribution in [3.63, 3.8) is 0 Å². The van der Waals surface area contributed by atoms with E-state index in [4.69, 9.17) is 4.74 Å². The number of carbonyl (C=O) groups excluding carboxylic acids is 2. The Morgan fingerprint density at radius 3 is 2.54 bits per heavy atom. The average Bonchev–Trinajstić information content (AvgIpc) is 2.62. The minimum absolute atomic E-state index is 0.0571. The van der Waals surface area contributed by atoms with Crippen LogP contribution in [0.3, 0.4) is 0 Å². The van der Waals surface area contributed by atoms with Crippen molar-refractivity contribution in [3.05, 3.63) is 59.7 Å². The molecule has 0 aliphatic carbocycles. The lowest BCUT2D eigenvalue weighted by Gasteiger charge is -2.15. The molecule has 138 valence electrons. The maximum absolute atomic E-state index is 12.4. The summed E-state index contributed by atoms with van der Waals surface area (Å²) in [5.74, 6) is -0.328. The summed E-state index contributed by atoms with van der Waals surface area (Å²) in [6.07, 6.45) is 0. The molecule has 0 radical (unpaired) electrons. The van der Waals surface area contributed by atoms with Crippen LogP contribution in [0.25, 0.3) is 0 Å². The van der Waals surface area contributed by atoms with Gasteiger partial charge in [-0.15, -0.1) is 0 Å². The predicted octanol–water partition coefficient (Wildman–Crippen LogP) is 2.81. The number of anilines is 2. The van der Waals surface area contributed by atoms with E-state index in [1.807, 2.05) is 50.2 Å². The van der Waals surface area contributed by atoms with Gasteiger partial charge in [0.25, 0.3) is 5.91 Å². The lowest BCUT2D eigenvalue weighted by molar-refractivity contribution is -0.120. The molecule has 0 aliphatic rings. The van der Waals surface area contributed by atoms with Crippen LogP contribution >= 0.6 is 0 Å². The standard InChI is InChI=1S/C20H25N3O3/c1-14-9-10-16(20(25)23-17-7-5-4-6-8-17)11-18(14)21-12-19(24)22-15(2)13-26-3/h4-11,15,21H,12-13H2,1-3H3,(H,22,24)(H,23,25)/t15-/m1/s1. The first-order valence-electron chi connectivity index (χ1n) is 8.49. The number of aryl methyl sites for hydroxylation is 1.